The number of hydrogen-bond donors (Lipinski definition) is 0. The molecule has 1 amide bonds. The molecule has 13 heteroatoms. The molecule has 0 radical (unpaired) electrons. The predicted molar refractivity (Wildman–Crippen MR) is 91.5 cm³/mol. The molecule has 0 N–H and O–H groups in total. The molecular weight excluding hydrogens is 429 g/mol. The molecule has 0 saturated heterocycles. The number of alkyl halides is 7. The van der Waals surface area contributed by atoms with Crippen LogP contribution in [0.15, 0.2) is 35.9 Å². The third-order valence-corrected chi connectivity index (χ3v) is 5.12. The lowest BCUT2D eigenvalue weighted by Crippen LogP contribution is -2.53. The maximum Gasteiger partial charge on any atom is 0.431 e. The first-order valence-corrected chi connectivity index (χ1v) is 8.93. The lowest BCUT2D eigenvalue weighted by atomic mass is 10.0. The second kappa shape index (κ2) is 8.20. The Balaban J connectivity index is 2.11. The summed E-state index contributed by atoms with van der Waals surface area (Å²) in [5.74, 6) is -1.38. The van der Waals surface area contributed by atoms with Gasteiger partial charge in [-0.2, -0.15) is 26.3 Å². The fourth-order valence-electron chi connectivity index (χ4n) is 2.29. The minimum absolute atomic E-state index is 0.0281. The van der Waals surface area contributed by atoms with Gasteiger partial charge in [0.1, 0.15) is 5.69 Å². The SMILES string of the molecule is CN(C(=O)c1cnc(SCCC(F)(C(F)(F)F)C(F)(F)F)n1C)c1cccnc1. The van der Waals surface area contributed by atoms with Crippen molar-refractivity contribution in [2.24, 2.45) is 7.05 Å². The number of carbonyl (C=O) groups excluding carboxylic acids is 1. The van der Waals surface area contributed by atoms with E-state index in [1.54, 1.807) is 12.1 Å². The van der Waals surface area contributed by atoms with E-state index in [0.29, 0.717) is 17.4 Å². The van der Waals surface area contributed by atoms with E-state index >= 15 is 0 Å². The zero-order valence-electron chi connectivity index (χ0n) is 15.1. The van der Waals surface area contributed by atoms with Crippen LogP contribution in [0.4, 0.5) is 36.4 Å². The van der Waals surface area contributed by atoms with E-state index in [1.165, 1.54) is 36.0 Å². The first-order chi connectivity index (χ1) is 13.3. The molecule has 0 aliphatic rings. The van der Waals surface area contributed by atoms with E-state index in [1.807, 2.05) is 0 Å². The van der Waals surface area contributed by atoms with E-state index in [4.69, 9.17) is 0 Å². The Kier molecular flexibility index (Phi) is 6.50. The summed E-state index contributed by atoms with van der Waals surface area (Å²) < 4.78 is 90.4. The zero-order valence-corrected chi connectivity index (χ0v) is 15.9. The Morgan fingerprint density at radius 1 is 1.14 bits per heavy atom. The van der Waals surface area contributed by atoms with Crippen LogP contribution in [0.5, 0.6) is 0 Å². The van der Waals surface area contributed by atoms with E-state index < -0.39 is 36.1 Å². The highest BCUT2D eigenvalue weighted by atomic mass is 32.2. The van der Waals surface area contributed by atoms with Crippen molar-refractivity contribution >= 4 is 23.4 Å². The van der Waals surface area contributed by atoms with Gasteiger partial charge in [0.25, 0.3) is 11.6 Å². The Bertz CT molecular complexity index is 837. The summed E-state index contributed by atoms with van der Waals surface area (Å²) in [7, 11) is 2.83. The van der Waals surface area contributed by atoms with Crippen molar-refractivity contribution in [2.45, 2.75) is 29.6 Å². The summed E-state index contributed by atoms with van der Waals surface area (Å²) in [6, 6.07) is 3.22. The minimum atomic E-state index is -6.10. The van der Waals surface area contributed by atoms with Crippen LogP contribution >= 0.6 is 11.8 Å². The number of halogens is 7. The standard InChI is InChI=1S/C16H15F7N4OS/c1-26(10-4-3-6-24-8-10)12(28)11-9-25-13(27(11)2)29-7-5-14(17,15(18,19)20)16(21,22)23/h3-4,6,8-9H,5,7H2,1-2H3. The normalized spacial score (nSPS) is 12.9. The molecule has 0 atom stereocenters. The monoisotopic (exact) mass is 444 g/mol. The summed E-state index contributed by atoms with van der Waals surface area (Å²) in [6.45, 7) is 0. The second-order valence-corrected chi connectivity index (χ2v) is 7.02. The molecule has 29 heavy (non-hydrogen) atoms. The summed E-state index contributed by atoms with van der Waals surface area (Å²) in [5, 5.41) is -0.0281. The van der Waals surface area contributed by atoms with Gasteiger partial charge in [-0.25, -0.2) is 9.37 Å². The van der Waals surface area contributed by atoms with Crippen molar-refractivity contribution in [3.8, 4) is 0 Å². The largest absolute Gasteiger partial charge is 0.431 e. The zero-order chi connectivity index (χ0) is 22.0. The third-order valence-electron chi connectivity index (χ3n) is 4.08. The number of rotatable bonds is 6. The molecule has 5 nitrogen and oxygen atoms in total. The fraction of sp³-hybridized carbons (Fsp3) is 0.438. The Hall–Kier alpha value is -2.31. The van der Waals surface area contributed by atoms with Crippen molar-refractivity contribution in [1.29, 1.82) is 0 Å². The minimum Gasteiger partial charge on any atom is -0.318 e. The molecule has 0 unspecified atom stereocenters. The van der Waals surface area contributed by atoms with Crippen LogP contribution in [0.2, 0.25) is 0 Å². The van der Waals surface area contributed by atoms with Gasteiger partial charge < -0.3 is 9.47 Å². The van der Waals surface area contributed by atoms with E-state index in [9.17, 15) is 35.5 Å². The van der Waals surface area contributed by atoms with Gasteiger partial charge in [-0.15, -0.1) is 0 Å². The molecule has 0 aliphatic carbocycles. The molecule has 2 aromatic rings. The Labute approximate surface area is 164 Å². The molecule has 0 aromatic carbocycles. The highest BCUT2D eigenvalue weighted by Gasteiger charge is 2.71. The van der Waals surface area contributed by atoms with Crippen molar-refractivity contribution in [1.82, 2.24) is 14.5 Å². The van der Waals surface area contributed by atoms with Gasteiger partial charge in [0.2, 0.25) is 0 Å². The van der Waals surface area contributed by atoms with Gasteiger partial charge in [0.15, 0.2) is 5.16 Å². The fourth-order valence-corrected chi connectivity index (χ4v) is 3.28. The summed E-state index contributed by atoms with van der Waals surface area (Å²) in [4.78, 5) is 21.5. The average Bonchev–Trinajstić information content (AvgIpc) is 3.00. The molecule has 0 aliphatic heterocycles. The summed E-state index contributed by atoms with van der Waals surface area (Å²) >= 11 is 0.481. The van der Waals surface area contributed by atoms with E-state index in [0.717, 1.165) is 6.20 Å². The highest BCUT2D eigenvalue weighted by Crippen LogP contribution is 2.49. The van der Waals surface area contributed by atoms with Crippen LogP contribution in [-0.2, 0) is 7.05 Å². The van der Waals surface area contributed by atoms with Gasteiger partial charge in [0, 0.05) is 32.5 Å². The molecular formula is C16H15F7N4OS. The van der Waals surface area contributed by atoms with Crippen molar-refractivity contribution in [3.63, 3.8) is 0 Å². The van der Waals surface area contributed by atoms with Gasteiger partial charge >= 0.3 is 12.4 Å². The number of anilines is 1. The van der Waals surface area contributed by atoms with Crippen LogP contribution in [-0.4, -0.2) is 51.3 Å². The highest BCUT2D eigenvalue weighted by molar-refractivity contribution is 7.99. The van der Waals surface area contributed by atoms with Crippen LogP contribution in [0.3, 0.4) is 0 Å². The molecule has 2 heterocycles. The van der Waals surface area contributed by atoms with Crippen molar-refractivity contribution in [2.75, 3.05) is 17.7 Å². The number of thioether (sulfide) groups is 1. The number of nitrogens with zero attached hydrogens (tertiary/aromatic N) is 4. The lowest BCUT2D eigenvalue weighted by Gasteiger charge is -2.29. The average molecular weight is 444 g/mol. The molecule has 0 bridgehead atoms. The molecule has 0 spiro atoms. The van der Waals surface area contributed by atoms with E-state index in [-0.39, 0.29) is 10.9 Å². The Morgan fingerprint density at radius 2 is 1.76 bits per heavy atom. The molecule has 0 fully saturated rings. The third kappa shape index (κ3) is 4.65. The maximum absolute atomic E-state index is 13.7. The Morgan fingerprint density at radius 3 is 2.28 bits per heavy atom. The quantitative estimate of drug-likeness (QED) is 0.490. The van der Waals surface area contributed by atoms with E-state index in [2.05, 4.69) is 9.97 Å². The first kappa shape index (κ1) is 23.0. The van der Waals surface area contributed by atoms with Crippen molar-refractivity contribution in [3.05, 3.63) is 36.4 Å². The molecule has 2 aromatic heterocycles. The number of imidazole rings is 1. The predicted octanol–water partition coefficient (Wildman–Crippen LogP) is 4.41. The van der Waals surface area contributed by atoms with Gasteiger partial charge in [0.05, 0.1) is 18.1 Å². The number of hydrogen-bond acceptors (Lipinski definition) is 4. The van der Waals surface area contributed by atoms with Gasteiger partial charge in [-0.3, -0.25) is 9.78 Å². The maximum atomic E-state index is 13.7. The number of carbonyl (C=O) groups is 1. The number of pyridine rings is 1. The summed E-state index contributed by atoms with van der Waals surface area (Å²) in [5.41, 5.74) is -4.82. The number of aromatic nitrogens is 3. The summed E-state index contributed by atoms with van der Waals surface area (Å²) in [6.07, 6.45) is -9.96. The molecule has 0 saturated carbocycles. The van der Waals surface area contributed by atoms with Crippen LogP contribution < -0.4 is 4.90 Å². The van der Waals surface area contributed by atoms with Crippen LogP contribution in [0.1, 0.15) is 16.9 Å². The van der Waals surface area contributed by atoms with Crippen molar-refractivity contribution < 1.29 is 35.5 Å². The van der Waals surface area contributed by atoms with Crippen LogP contribution in [0.25, 0.3) is 0 Å². The number of amides is 1. The topological polar surface area (TPSA) is 51.0 Å². The van der Waals surface area contributed by atoms with Gasteiger partial charge in [-0.05, 0) is 12.1 Å². The smallest absolute Gasteiger partial charge is 0.318 e. The lowest BCUT2D eigenvalue weighted by molar-refractivity contribution is -0.341. The molecule has 2 rings (SSSR count). The molecule has 160 valence electrons. The first-order valence-electron chi connectivity index (χ1n) is 7.94. The van der Waals surface area contributed by atoms with Gasteiger partial charge in [-0.1, -0.05) is 11.8 Å². The van der Waals surface area contributed by atoms with Crippen LogP contribution in [0, 0.1) is 0 Å². The second-order valence-electron chi connectivity index (χ2n) is 5.96.